The average Bonchev–Trinajstić information content (AvgIpc) is 2.44. The Balaban J connectivity index is 2.81. The normalized spacial score (nSPS) is 11.7. The van der Waals surface area contributed by atoms with E-state index in [1.54, 1.807) is 24.3 Å². The molecule has 20 heavy (non-hydrogen) atoms. The molecule has 1 aromatic carbocycles. The Hall–Kier alpha value is -1.83. The van der Waals surface area contributed by atoms with E-state index in [1.165, 1.54) is 0 Å². The fourth-order valence-corrected chi connectivity index (χ4v) is 1.84. The molecule has 0 radical (unpaired) electrons. The number of hydrogen-bond donors (Lipinski definition) is 3. The zero-order chi connectivity index (χ0) is 15.0. The number of hydrogen-bond acceptors (Lipinski definition) is 3. The molecule has 1 atom stereocenters. The van der Waals surface area contributed by atoms with E-state index >= 15 is 0 Å². The van der Waals surface area contributed by atoms with Gasteiger partial charge < -0.3 is 15.5 Å². The maximum Gasteiger partial charge on any atom is 0.251 e. The predicted octanol–water partition coefficient (Wildman–Crippen LogP) is 1.17. The molecule has 0 saturated heterocycles. The van der Waals surface area contributed by atoms with Crippen molar-refractivity contribution in [2.75, 3.05) is 13.2 Å². The molecular formula is C16H21NO3. The highest BCUT2D eigenvalue weighted by atomic mass is 16.3. The van der Waals surface area contributed by atoms with Crippen LogP contribution in [0.1, 0.15) is 36.2 Å². The first-order valence-corrected chi connectivity index (χ1v) is 6.70. The average molecular weight is 275 g/mol. The molecule has 4 heteroatoms. The number of rotatable bonds is 5. The second kappa shape index (κ2) is 8.36. The smallest absolute Gasteiger partial charge is 0.251 e. The Morgan fingerprint density at radius 2 is 2.10 bits per heavy atom. The third-order valence-electron chi connectivity index (χ3n) is 3.00. The Morgan fingerprint density at radius 3 is 2.70 bits per heavy atom. The SMILES string of the molecule is CC(C)C(CCO)NC(=O)c1cccc(C#CCO)c1. The van der Waals surface area contributed by atoms with Gasteiger partial charge in [0.2, 0.25) is 0 Å². The van der Waals surface area contributed by atoms with Gasteiger partial charge in [-0.15, -0.1) is 0 Å². The Bertz CT molecular complexity index is 500. The van der Waals surface area contributed by atoms with E-state index in [0.29, 0.717) is 17.5 Å². The van der Waals surface area contributed by atoms with Crippen molar-refractivity contribution in [2.45, 2.75) is 26.3 Å². The molecule has 108 valence electrons. The molecule has 1 amide bonds. The first-order valence-electron chi connectivity index (χ1n) is 6.70. The number of carbonyl (C=O) groups is 1. The van der Waals surface area contributed by atoms with Gasteiger partial charge in [-0.2, -0.15) is 0 Å². The van der Waals surface area contributed by atoms with Gasteiger partial charge in [0.1, 0.15) is 6.61 Å². The summed E-state index contributed by atoms with van der Waals surface area (Å²) in [5.41, 5.74) is 1.22. The Labute approximate surface area is 119 Å². The fraction of sp³-hybridized carbons (Fsp3) is 0.438. The summed E-state index contributed by atoms with van der Waals surface area (Å²) >= 11 is 0. The molecule has 0 aliphatic carbocycles. The van der Waals surface area contributed by atoms with Crippen LogP contribution in [0.2, 0.25) is 0 Å². The lowest BCUT2D eigenvalue weighted by Crippen LogP contribution is -2.39. The van der Waals surface area contributed by atoms with Crippen LogP contribution >= 0.6 is 0 Å². The van der Waals surface area contributed by atoms with Crippen LogP contribution in [0.15, 0.2) is 24.3 Å². The van der Waals surface area contributed by atoms with E-state index in [4.69, 9.17) is 10.2 Å². The third-order valence-corrected chi connectivity index (χ3v) is 3.00. The van der Waals surface area contributed by atoms with E-state index in [1.807, 2.05) is 13.8 Å². The standard InChI is InChI=1S/C16H21NO3/c1-12(2)15(8-10-19)17-16(20)14-7-3-5-13(11-14)6-4-9-18/h3,5,7,11-12,15,18-19H,8-10H2,1-2H3,(H,17,20). The van der Waals surface area contributed by atoms with Crippen molar-refractivity contribution in [3.05, 3.63) is 35.4 Å². The highest BCUT2D eigenvalue weighted by Crippen LogP contribution is 2.09. The summed E-state index contributed by atoms with van der Waals surface area (Å²) in [6, 6.07) is 6.89. The minimum Gasteiger partial charge on any atom is -0.396 e. The summed E-state index contributed by atoms with van der Waals surface area (Å²) in [5.74, 6) is 5.40. The highest BCUT2D eigenvalue weighted by Gasteiger charge is 2.16. The minimum atomic E-state index is -0.206. The lowest BCUT2D eigenvalue weighted by molar-refractivity contribution is 0.0916. The van der Waals surface area contributed by atoms with Crippen LogP contribution < -0.4 is 5.32 Å². The van der Waals surface area contributed by atoms with Gasteiger partial charge in [0, 0.05) is 23.8 Å². The maximum atomic E-state index is 12.2. The van der Waals surface area contributed by atoms with Gasteiger partial charge in [0.25, 0.3) is 5.91 Å². The Morgan fingerprint density at radius 1 is 1.35 bits per heavy atom. The molecule has 1 rings (SSSR count). The quantitative estimate of drug-likeness (QED) is 0.706. The maximum absolute atomic E-state index is 12.2. The molecule has 0 heterocycles. The highest BCUT2D eigenvalue weighted by molar-refractivity contribution is 5.94. The molecular weight excluding hydrogens is 254 g/mol. The molecule has 3 N–H and O–H groups in total. The number of carbonyl (C=O) groups excluding carboxylic acids is 1. The molecule has 0 spiro atoms. The first kappa shape index (κ1) is 16.2. The number of benzene rings is 1. The van der Waals surface area contributed by atoms with Crippen molar-refractivity contribution in [2.24, 2.45) is 5.92 Å². The third kappa shape index (κ3) is 5.04. The van der Waals surface area contributed by atoms with Crippen LogP contribution in [0.3, 0.4) is 0 Å². The summed E-state index contributed by atoms with van der Waals surface area (Å²) in [4.78, 5) is 12.2. The van der Waals surface area contributed by atoms with E-state index in [0.717, 1.165) is 0 Å². The van der Waals surface area contributed by atoms with Crippen LogP contribution in [-0.2, 0) is 0 Å². The molecule has 1 aromatic rings. The largest absolute Gasteiger partial charge is 0.396 e. The summed E-state index contributed by atoms with van der Waals surface area (Å²) < 4.78 is 0. The van der Waals surface area contributed by atoms with Gasteiger partial charge in [-0.05, 0) is 30.5 Å². The van der Waals surface area contributed by atoms with Gasteiger partial charge in [-0.3, -0.25) is 4.79 Å². The van der Waals surface area contributed by atoms with Crippen LogP contribution in [0.5, 0.6) is 0 Å². The van der Waals surface area contributed by atoms with Crippen LogP contribution in [-0.4, -0.2) is 35.4 Å². The van der Waals surface area contributed by atoms with Gasteiger partial charge in [0.05, 0.1) is 0 Å². The lowest BCUT2D eigenvalue weighted by atomic mass is 10.0. The lowest BCUT2D eigenvalue weighted by Gasteiger charge is -2.21. The summed E-state index contributed by atoms with van der Waals surface area (Å²) in [5, 5.41) is 20.6. The molecule has 0 aliphatic rings. The minimum absolute atomic E-state index is 0.0468. The number of aliphatic hydroxyl groups excluding tert-OH is 2. The number of aliphatic hydroxyl groups is 2. The van der Waals surface area contributed by atoms with E-state index in [-0.39, 0.29) is 31.1 Å². The van der Waals surface area contributed by atoms with Crippen molar-refractivity contribution in [1.82, 2.24) is 5.32 Å². The molecule has 0 saturated carbocycles. The summed E-state index contributed by atoms with van der Waals surface area (Å²) in [6.07, 6.45) is 0.535. The van der Waals surface area contributed by atoms with Crippen LogP contribution in [0, 0.1) is 17.8 Å². The molecule has 1 unspecified atom stereocenters. The zero-order valence-electron chi connectivity index (χ0n) is 11.9. The number of amides is 1. The van der Waals surface area contributed by atoms with Gasteiger partial charge >= 0.3 is 0 Å². The van der Waals surface area contributed by atoms with Crippen molar-refractivity contribution >= 4 is 5.91 Å². The van der Waals surface area contributed by atoms with Gasteiger partial charge in [-0.25, -0.2) is 0 Å². The van der Waals surface area contributed by atoms with Gasteiger partial charge in [0.15, 0.2) is 0 Å². The van der Waals surface area contributed by atoms with Crippen molar-refractivity contribution in [3.63, 3.8) is 0 Å². The van der Waals surface area contributed by atoms with Gasteiger partial charge in [-0.1, -0.05) is 31.8 Å². The first-order chi connectivity index (χ1) is 9.58. The van der Waals surface area contributed by atoms with Crippen LogP contribution in [0.25, 0.3) is 0 Å². The second-order valence-corrected chi connectivity index (χ2v) is 4.88. The topological polar surface area (TPSA) is 69.6 Å². The molecule has 0 fully saturated rings. The number of nitrogens with one attached hydrogen (secondary N) is 1. The molecule has 0 bridgehead atoms. The predicted molar refractivity (Wildman–Crippen MR) is 78.2 cm³/mol. The van der Waals surface area contributed by atoms with Crippen LogP contribution in [0.4, 0.5) is 0 Å². The summed E-state index contributed by atoms with van der Waals surface area (Å²) in [7, 11) is 0. The molecule has 0 aromatic heterocycles. The Kier molecular flexibility index (Phi) is 6.78. The van der Waals surface area contributed by atoms with E-state index in [9.17, 15) is 4.79 Å². The summed E-state index contributed by atoms with van der Waals surface area (Å²) in [6.45, 7) is 3.85. The monoisotopic (exact) mass is 275 g/mol. The van der Waals surface area contributed by atoms with E-state index in [2.05, 4.69) is 17.2 Å². The van der Waals surface area contributed by atoms with E-state index < -0.39 is 0 Å². The van der Waals surface area contributed by atoms with Crippen molar-refractivity contribution < 1.29 is 15.0 Å². The zero-order valence-corrected chi connectivity index (χ0v) is 11.9. The second-order valence-electron chi connectivity index (χ2n) is 4.88. The fourth-order valence-electron chi connectivity index (χ4n) is 1.84. The molecule has 4 nitrogen and oxygen atoms in total. The molecule has 0 aliphatic heterocycles. The van der Waals surface area contributed by atoms with Crippen molar-refractivity contribution in [1.29, 1.82) is 0 Å². The van der Waals surface area contributed by atoms with Crippen molar-refractivity contribution in [3.8, 4) is 11.8 Å².